The van der Waals surface area contributed by atoms with Gasteiger partial charge in [-0.2, -0.15) is 4.31 Å². The fourth-order valence-corrected chi connectivity index (χ4v) is 6.85. The molecular weight excluding hydrogens is 334 g/mol. The van der Waals surface area contributed by atoms with Crippen molar-refractivity contribution in [3.8, 4) is 0 Å². The number of sulfonamides is 1. The number of hydrogen-bond acceptors (Lipinski definition) is 5. The SMILES string of the molecule is CCOC(=O)CC1(S(=O)(=O)N2C(C(=O)O)CC3CCCCC32)CC1. The fraction of sp³-hybridized carbons (Fsp3) is 0.875. The van der Waals surface area contributed by atoms with Crippen LogP contribution in [0.15, 0.2) is 0 Å². The van der Waals surface area contributed by atoms with Gasteiger partial charge in [-0.25, -0.2) is 8.42 Å². The molecule has 0 spiro atoms. The van der Waals surface area contributed by atoms with E-state index < -0.39 is 32.8 Å². The van der Waals surface area contributed by atoms with E-state index in [4.69, 9.17) is 4.74 Å². The third-order valence-corrected chi connectivity index (χ3v) is 8.45. The molecule has 8 heteroatoms. The van der Waals surface area contributed by atoms with Gasteiger partial charge in [-0.05, 0) is 44.9 Å². The standard InChI is InChI=1S/C16H25NO6S/c1-2-23-14(18)10-16(7-8-16)24(21,22)17-12-6-4-3-5-11(12)9-13(17)15(19)20/h11-13H,2-10H2,1H3,(H,19,20). The monoisotopic (exact) mass is 359 g/mol. The molecule has 0 bridgehead atoms. The summed E-state index contributed by atoms with van der Waals surface area (Å²) in [5.74, 6) is -1.49. The molecule has 136 valence electrons. The highest BCUT2D eigenvalue weighted by atomic mass is 32.2. The summed E-state index contributed by atoms with van der Waals surface area (Å²) in [6.07, 6.45) is 4.54. The van der Waals surface area contributed by atoms with Gasteiger partial charge in [0.15, 0.2) is 0 Å². The number of ether oxygens (including phenoxy) is 1. The minimum Gasteiger partial charge on any atom is -0.480 e. The second-order valence-corrected chi connectivity index (χ2v) is 9.44. The minimum atomic E-state index is -3.85. The number of nitrogens with zero attached hydrogens (tertiary/aromatic N) is 1. The summed E-state index contributed by atoms with van der Waals surface area (Å²) in [6.45, 7) is 1.89. The molecule has 1 heterocycles. The lowest BCUT2D eigenvalue weighted by molar-refractivity contribution is -0.143. The Bertz CT molecular complexity index is 626. The van der Waals surface area contributed by atoms with Crippen molar-refractivity contribution in [2.24, 2.45) is 5.92 Å². The minimum absolute atomic E-state index is 0.119. The van der Waals surface area contributed by atoms with E-state index in [9.17, 15) is 23.1 Å². The van der Waals surface area contributed by atoms with Crippen LogP contribution in [0.5, 0.6) is 0 Å². The molecule has 0 amide bonds. The molecule has 3 unspecified atom stereocenters. The normalized spacial score (nSPS) is 32.1. The number of carboxylic acid groups (broad SMARTS) is 1. The summed E-state index contributed by atoms with van der Waals surface area (Å²) < 4.78 is 31.6. The predicted octanol–water partition coefficient (Wildman–Crippen LogP) is 1.52. The second kappa shape index (κ2) is 6.29. The number of carboxylic acids is 1. The molecule has 0 aromatic rings. The zero-order valence-corrected chi connectivity index (χ0v) is 14.8. The molecule has 1 N–H and O–H groups in total. The summed E-state index contributed by atoms with van der Waals surface area (Å²) in [6, 6.07) is -1.23. The van der Waals surface area contributed by atoms with Gasteiger partial charge < -0.3 is 9.84 Å². The molecule has 0 aromatic carbocycles. The number of rotatable bonds is 6. The van der Waals surface area contributed by atoms with Crippen molar-refractivity contribution in [2.75, 3.05) is 6.61 Å². The average molecular weight is 359 g/mol. The van der Waals surface area contributed by atoms with Crippen molar-refractivity contribution in [1.82, 2.24) is 4.31 Å². The fourth-order valence-electron chi connectivity index (χ4n) is 4.34. The first-order valence-electron chi connectivity index (χ1n) is 8.74. The van der Waals surface area contributed by atoms with E-state index >= 15 is 0 Å². The zero-order chi connectivity index (χ0) is 17.5. The third kappa shape index (κ3) is 2.83. The van der Waals surface area contributed by atoms with Gasteiger partial charge in [0, 0.05) is 6.04 Å². The number of fused-ring (bicyclic) bond motifs is 1. The van der Waals surface area contributed by atoms with Crippen LogP contribution in [0.25, 0.3) is 0 Å². The van der Waals surface area contributed by atoms with Gasteiger partial charge in [0.25, 0.3) is 0 Å². The number of aliphatic carboxylic acids is 1. The molecule has 24 heavy (non-hydrogen) atoms. The molecule has 0 radical (unpaired) electrons. The first-order valence-corrected chi connectivity index (χ1v) is 10.2. The van der Waals surface area contributed by atoms with E-state index in [0.717, 1.165) is 19.3 Å². The van der Waals surface area contributed by atoms with Gasteiger partial charge >= 0.3 is 11.9 Å². The molecule has 3 rings (SSSR count). The van der Waals surface area contributed by atoms with Crippen molar-refractivity contribution in [3.05, 3.63) is 0 Å². The zero-order valence-electron chi connectivity index (χ0n) is 13.9. The van der Waals surface area contributed by atoms with Crippen LogP contribution in [0.1, 0.15) is 58.3 Å². The van der Waals surface area contributed by atoms with Gasteiger partial charge in [0.05, 0.1) is 17.8 Å². The lowest BCUT2D eigenvalue weighted by atomic mass is 9.85. The number of carbonyl (C=O) groups is 2. The van der Waals surface area contributed by atoms with Crippen LogP contribution in [0.3, 0.4) is 0 Å². The molecule has 3 atom stereocenters. The van der Waals surface area contributed by atoms with Crippen LogP contribution in [-0.4, -0.2) is 53.2 Å². The molecule has 2 aliphatic carbocycles. The Labute approximate surface area is 142 Å². The average Bonchev–Trinajstić information content (AvgIpc) is 3.19. The maximum absolute atomic E-state index is 13.3. The van der Waals surface area contributed by atoms with Crippen LogP contribution in [-0.2, 0) is 24.3 Å². The largest absolute Gasteiger partial charge is 0.480 e. The first kappa shape index (κ1) is 17.7. The Morgan fingerprint density at radius 2 is 1.92 bits per heavy atom. The first-order chi connectivity index (χ1) is 11.3. The highest BCUT2D eigenvalue weighted by Crippen LogP contribution is 2.52. The topological polar surface area (TPSA) is 101 Å². The number of esters is 1. The number of carbonyl (C=O) groups excluding carboxylic acids is 1. The van der Waals surface area contributed by atoms with Crippen LogP contribution < -0.4 is 0 Å². The van der Waals surface area contributed by atoms with Crippen molar-refractivity contribution < 1.29 is 27.9 Å². The Hall–Kier alpha value is -1.15. The van der Waals surface area contributed by atoms with Crippen LogP contribution >= 0.6 is 0 Å². The molecule has 7 nitrogen and oxygen atoms in total. The molecule has 1 saturated heterocycles. The highest BCUT2D eigenvalue weighted by Gasteiger charge is 2.63. The second-order valence-electron chi connectivity index (χ2n) is 7.20. The van der Waals surface area contributed by atoms with Crippen molar-refractivity contribution in [1.29, 1.82) is 0 Å². The van der Waals surface area contributed by atoms with Gasteiger partial charge in [0.2, 0.25) is 10.0 Å². The maximum Gasteiger partial charge on any atom is 0.322 e. The molecular formula is C16H25NO6S. The Balaban J connectivity index is 1.89. The lowest BCUT2D eigenvalue weighted by Gasteiger charge is -2.34. The molecule has 1 aliphatic heterocycles. The molecule has 3 fully saturated rings. The van der Waals surface area contributed by atoms with Crippen LogP contribution in [0.4, 0.5) is 0 Å². The molecule has 2 saturated carbocycles. The Morgan fingerprint density at radius 3 is 2.50 bits per heavy atom. The van der Waals surface area contributed by atoms with E-state index in [1.807, 2.05) is 0 Å². The van der Waals surface area contributed by atoms with Gasteiger partial charge in [-0.15, -0.1) is 0 Å². The smallest absolute Gasteiger partial charge is 0.322 e. The summed E-state index contributed by atoms with van der Waals surface area (Å²) in [5, 5.41) is 9.55. The Morgan fingerprint density at radius 1 is 1.25 bits per heavy atom. The third-order valence-electron chi connectivity index (χ3n) is 5.72. The van der Waals surface area contributed by atoms with E-state index in [1.54, 1.807) is 6.92 Å². The van der Waals surface area contributed by atoms with Gasteiger partial charge in [-0.3, -0.25) is 9.59 Å². The maximum atomic E-state index is 13.3. The van der Waals surface area contributed by atoms with Crippen molar-refractivity contribution in [2.45, 2.75) is 75.1 Å². The van der Waals surface area contributed by atoms with E-state index in [2.05, 4.69) is 0 Å². The van der Waals surface area contributed by atoms with E-state index in [1.165, 1.54) is 4.31 Å². The summed E-state index contributed by atoms with van der Waals surface area (Å²) in [5.41, 5.74) is 0. The predicted molar refractivity (Wildman–Crippen MR) is 85.8 cm³/mol. The van der Waals surface area contributed by atoms with Crippen LogP contribution in [0, 0.1) is 5.92 Å². The molecule has 3 aliphatic rings. The van der Waals surface area contributed by atoms with Crippen LogP contribution in [0.2, 0.25) is 0 Å². The van der Waals surface area contributed by atoms with Crippen molar-refractivity contribution in [3.63, 3.8) is 0 Å². The quantitative estimate of drug-likeness (QED) is 0.722. The number of hydrogen-bond donors (Lipinski definition) is 1. The lowest BCUT2D eigenvalue weighted by Crippen LogP contribution is -2.51. The van der Waals surface area contributed by atoms with Crippen molar-refractivity contribution >= 4 is 22.0 Å². The van der Waals surface area contributed by atoms with E-state index in [-0.39, 0.29) is 25.0 Å². The highest BCUT2D eigenvalue weighted by molar-refractivity contribution is 7.91. The summed E-state index contributed by atoms with van der Waals surface area (Å²) in [4.78, 5) is 23.5. The summed E-state index contributed by atoms with van der Waals surface area (Å²) >= 11 is 0. The van der Waals surface area contributed by atoms with Gasteiger partial charge in [0.1, 0.15) is 6.04 Å². The van der Waals surface area contributed by atoms with E-state index in [0.29, 0.717) is 25.7 Å². The van der Waals surface area contributed by atoms with Gasteiger partial charge in [-0.1, -0.05) is 12.8 Å². The molecule has 0 aromatic heterocycles. The summed E-state index contributed by atoms with van der Waals surface area (Å²) in [7, 11) is -3.85. The Kier molecular flexibility index (Phi) is 4.63.